The third-order valence-electron chi connectivity index (χ3n) is 5.38. The average molecular weight is 413 g/mol. The molecule has 0 saturated heterocycles. The number of carbonyl (C=O) groups is 1. The number of anilines is 1. The van der Waals surface area contributed by atoms with Crippen LogP contribution in [-0.2, 0) is 0 Å². The van der Waals surface area contributed by atoms with Gasteiger partial charge in [0.05, 0.1) is 5.03 Å². The lowest BCUT2D eigenvalue weighted by Crippen LogP contribution is -2.11. The Hall–Kier alpha value is -4.00. The van der Waals surface area contributed by atoms with Gasteiger partial charge in [0.25, 0.3) is 0 Å². The fraction of sp³-hybridized carbons (Fsp3) is 0. The molecule has 1 heterocycles. The number of rotatable bonds is 1. The van der Waals surface area contributed by atoms with Crippen LogP contribution in [0.3, 0.4) is 0 Å². The van der Waals surface area contributed by atoms with Crippen molar-refractivity contribution >= 4 is 47.6 Å². The molecule has 0 bridgehead atoms. The summed E-state index contributed by atoms with van der Waals surface area (Å²) in [7, 11) is 6.35. The van der Waals surface area contributed by atoms with Gasteiger partial charge in [0.15, 0.2) is 5.78 Å². The van der Waals surface area contributed by atoms with E-state index in [1.54, 1.807) is 41.2 Å². The monoisotopic (exact) mass is 413 g/mol. The van der Waals surface area contributed by atoms with E-state index in [0.717, 1.165) is 26.4 Å². The lowest BCUT2D eigenvalue weighted by molar-refractivity contribution is 0.104. The van der Waals surface area contributed by atoms with Crippen molar-refractivity contribution < 1.29 is 4.79 Å². The molecule has 0 spiro atoms. The summed E-state index contributed by atoms with van der Waals surface area (Å²) in [5.74, 6) is -0.208. The van der Waals surface area contributed by atoms with Crippen LogP contribution in [0, 0.1) is 22.7 Å². The number of carbonyl (C=O) groups excluding carboxylic acids is 1. The predicted octanol–water partition coefficient (Wildman–Crippen LogP) is 5.30. The Morgan fingerprint density at radius 2 is 1.65 bits per heavy atom. The number of Topliss-reactive ketones (excluding diaryl/α,β-unsaturated/α-hetero) is 1. The van der Waals surface area contributed by atoms with Crippen LogP contribution >= 0.6 is 11.8 Å². The summed E-state index contributed by atoms with van der Waals surface area (Å²) in [4.78, 5) is 15.7. The summed E-state index contributed by atoms with van der Waals surface area (Å²) in [5.41, 5.74) is 2.59. The molecule has 31 heavy (non-hydrogen) atoms. The predicted molar refractivity (Wildman–Crippen MR) is 123 cm³/mol. The second-order valence-corrected chi connectivity index (χ2v) is 8.07. The van der Waals surface area contributed by atoms with Gasteiger partial charge in [0.2, 0.25) is 7.98 Å². The number of thioether (sulfide) groups is 1. The van der Waals surface area contributed by atoms with Crippen LogP contribution in [0.15, 0.2) is 93.9 Å². The Labute approximate surface area is 184 Å². The van der Waals surface area contributed by atoms with E-state index in [0.29, 0.717) is 22.3 Å². The van der Waals surface area contributed by atoms with Crippen molar-refractivity contribution in [3.8, 4) is 12.1 Å². The van der Waals surface area contributed by atoms with Crippen molar-refractivity contribution in [1.29, 1.82) is 10.5 Å². The van der Waals surface area contributed by atoms with Gasteiger partial charge in [0, 0.05) is 27.3 Å². The first-order valence-corrected chi connectivity index (χ1v) is 10.3. The van der Waals surface area contributed by atoms with E-state index in [1.807, 2.05) is 36.4 Å². The highest BCUT2D eigenvalue weighted by molar-refractivity contribution is 8.04. The number of hydrogen-bond acceptors (Lipinski definition) is 5. The van der Waals surface area contributed by atoms with Crippen molar-refractivity contribution in [3.63, 3.8) is 0 Å². The van der Waals surface area contributed by atoms with Crippen molar-refractivity contribution in [2.24, 2.45) is 0 Å². The quantitative estimate of drug-likeness (QED) is 0.308. The number of allylic oxidation sites excluding steroid dienone is 5. The molecule has 0 fully saturated rings. The van der Waals surface area contributed by atoms with Crippen LogP contribution in [0.1, 0.15) is 15.9 Å². The van der Waals surface area contributed by atoms with E-state index in [1.165, 1.54) is 11.8 Å². The summed E-state index contributed by atoms with van der Waals surface area (Å²) in [6.07, 6.45) is 3.42. The molecule has 3 aromatic carbocycles. The van der Waals surface area contributed by atoms with E-state index < -0.39 is 0 Å². The van der Waals surface area contributed by atoms with Gasteiger partial charge in [-0.05, 0) is 34.6 Å². The number of benzene rings is 3. The highest BCUT2D eigenvalue weighted by Crippen LogP contribution is 2.48. The summed E-state index contributed by atoms with van der Waals surface area (Å²) >= 11 is 1.52. The van der Waals surface area contributed by atoms with Crippen molar-refractivity contribution in [1.82, 2.24) is 0 Å². The molecule has 3 aromatic rings. The molecule has 4 nitrogen and oxygen atoms in total. The van der Waals surface area contributed by atoms with E-state index >= 15 is 0 Å². The van der Waals surface area contributed by atoms with E-state index in [4.69, 9.17) is 7.98 Å². The molecule has 6 heteroatoms. The minimum absolute atomic E-state index is 0.0825. The van der Waals surface area contributed by atoms with Crippen LogP contribution in [-0.4, -0.2) is 13.8 Å². The molecule has 0 unspecified atom stereocenters. The third kappa shape index (κ3) is 2.89. The van der Waals surface area contributed by atoms with Gasteiger partial charge in [-0.15, -0.1) is 0 Å². The summed E-state index contributed by atoms with van der Waals surface area (Å²) in [6, 6.07) is 23.0. The maximum atomic E-state index is 13.0. The number of nitrogens with zero attached hydrogens (tertiary/aromatic N) is 3. The van der Waals surface area contributed by atoms with Crippen LogP contribution < -0.4 is 4.81 Å². The van der Waals surface area contributed by atoms with E-state index in [9.17, 15) is 15.3 Å². The lowest BCUT2D eigenvalue weighted by Gasteiger charge is -2.14. The number of nitriles is 2. The SMILES string of the molecule is [B]N1/C(=C/C=C2\C(=O)c3ccccc3C2=C(C#N)C#N)Sc2c1ccc1ccccc21. The first-order valence-electron chi connectivity index (χ1n) is 9.49. The Morgan fingerprint density at radius 1 is 0.935 bits per heavy atom. The Morgan fingerprint density at radius 3 is 2.42 bits per heavy atom. The molecule has 1 aliphatic carbocycles. The van der Waals surface area contributed by atoms with Gasteiger partial charge in [-0.3, -0.25) is 4.79 Å². The molecule has 0 N–H and O–H groups in total. The molecule has 2 aliphatic rings. The summed E-state index contributed by atoms with van der Waals surface area (Å²) < 4.78 is 0. The van der Waals surface area contributed by atoms with Crippen molar-refractivity contribution in [2.45, 2.75) is 4.90 Å². The van der Waals surface area contributed by atoms with Gasteiger partial charge < -0.3 is 4.81 Å². The second-order valence-electron chi connectivity index (χ2n) is 7.04. The molecule has 142 valence electrons. The minimum atomic E-state index is -0.208. The number of ketones is 1. The second kappa shape index (κ2) is 7.36. The molecule has 1 aliphatic heterocycles. The standard InChI is InChI=1S/C25H12BN3OS/c26-29-21-11-9-15-5-1-2-6-17(15)25(21)31-22(29)12-10-20-23(16(13-27)14-28)18-7-3-4-8-19(18)24(20)30/h1-12H/b20-10-,22-12-. The average Bonchev–Trinajstić information content (AvgIpc) is 3.28. The highest BCUT2D eigenvalue weighted by Gasteiger charge is 2.32. The van der Waals surface area contributed by atoms with Gasteiger partial charge in [-0.1, -0.05) is 66.4 Å². The maximum Gasteiger partial charge on any atom is 0.235 e. The Bertz CT molecular complexity index is 1450. The van der Waals surface area contributed by atoms with Gasteiger partial charge in [0.1, 0.15) is 17.7 Å². The van der Waals surface area contributed by atoms with Gasteiger partial charge in [-0.2, -0.15) is 10.5 Å². The third-order valence-corrected chi connectivity index (χ3v) is 6.56. The number of fused-ring (bicyclic) bond motifs is 4. The Kier molecular flexibility index (Phi) is 4.51. The van der Waals surface area contributed by atoms with Crippen LogP contribution in [0.5, 0.6) is 0 Å². The normalized spacial score (nSPS) is 17.0. The largest absolute Gasteiger partial charge is 0.391 e. The van der Waals surface area contributed by atoms with Crippen molar-refractivity contribution in [3.05, 3.63) is 100 Å². The topological polar surface area (TPSA) is 67.9 Å². The first-order chi connectivity index (χ1) is 15.1. The lowest BCUT2D eigenvalue weighted by atomic mass is 9.99. The molecule has 0 aromatic heterocycles. The number of hydrogen-bond donors (Lipinski definition) is 0. The van der Waals surface area contributed by atoms with E-state index in [2.05, 4.69) is 12.1 Å². The minimum Gasteiger partial charge on any atom is -0.391 e. The van der Waals surface area contributed by atoms with Crippen LogP contribution in [0.2, 0.25) is 0 Å². The molecule has 0 atom stereocenters. The molecule has 5 rings (SSSR count). The highest BCUT2D eigenvalue weighted by atomic mass is 32.2. The summed E-state index contributed by atoms with van der Waals surface area (Å²) in [5, 5.41) is 21.9. The molecular formula is C25H12BN3OS. The molecule has 0 saturated carbocycles. The van der Waals surface area contributed by atoms with Crippen molar-refractivity contribution in [2.75, 3.05) is 4.81 Å². The Balaban J connectivity index is 1.62. The van der Waals surface area contributed by atoms with E-state index in [-0.39, 0.29) is 11.4 Å². The smallest absolute Gasteiger partial charge is 0.235 e. The zero-order valence-corrected chi connectivity index (χ0v) is 17.0. The molecule has 0 amide bonds. The van der Waals surface area contributed by atoms with Crippen LogP contribution in [0.4, 0.5) is 5.69 Å². The molecule has 2 radical (unpaired) electrons. The molecular weight excluding hydrogens is 401 g/mol. The van der Waals surface area contributed by atoms with Gasteiger partial charge >= 0.3 is 0 Å². The van der Waals surface area contributed by atoms with Gasteiger partial charge in [-0.25, -0.2) is 0 Å². The maximum absolute atomic E-state index is 13.0. The fourth-order valence-electron chi connectivity index (χ4n) is 3.94. The fourth-order valence-corrected chi connectivity index (χ4v) is 5.05. The zero-order chi connectivity index (χ0) is 21.5. The zero-order valence-electron chi connectivity index (χ0n) is 16.2. The summed E-state index contributed by atoms with van der Waals surface area (Å²) in [6.45, 7) is 0. The first kappa shape index (κ1) is 19.0. The van der Waals surface area contributed by atoms with Crippen LogP contribution in [0.25, 0.3) is 16.3 Å².